The molecule has 1 nitrogen and oxygen atoms in total. The van der Waals surface area contributed by atoms with Gasteiger partial charge in [-0.05, 0) is 54.9 Å². The summed E-state index contributed by atoms with van der Waals surface area (Å²) in [5.41, 5.74) is 5.56. The van der Waals surface area contributed by atoms with Crippen molar-refractivity contribution in [3.05, 3.63) is 65.2 Å². The summed E-state index contributed by atoms with van der Waals surface area (Å²) in [6.45, 7) is 6.67. The molecule has 0 aliphatic heterocycles. The number of benzene rings is 2. The lowest BCUT2D eigenvalue weighted by Crippen LogP contribution is -2.34. The zero-order chi connectivity index (χ0) is 14.8. The van der Waals surface area contributed by atoms with Crippen molar-refractivity contribution in [3.8, 4) is 0 Å². The maximum absolute atomic E-state index is 3.69. The van der Waals surface area contributed by atoms with Crippen LogP contribution < -0.4 is 5.32 Å². The molecule has 1 fully saturated rings. The van der Waals surface area contributed by atoms with Gasteiger partial charge in [-0.15, -0.1) is 0 Å². The maximum Gasteiger partial charge on any atom is 0.0345 e. The lowest BCUT2D eigenvalue weighted by atomic mass is 9.75. The van der Waals surface area contributed by atoms with Gasteiger partial charge < -0.3 is 5.32 Å². The molecule has 3 rings (SSSR count). The van der Waals surface area contributed by atoms with E-state index in [9.17, 15) is 0 Å². The second kappa shape index (κ2) is 5.93. The van der Waals surface area contributed by atoms with E-state index in [-0.39, 0.29) is 0 Å². The lowest BCUT2D eigenvalue weighted by molar-refractivity contribution is 0.374. The maximum atomic E-state index is 3.69. The molecule has 0 spiro atoms. The highest BCUT2D eigenvalue weighted by Crippen LogP contribution is 2.38. The van der Waals surface area contributed by atoms with E-state index < -0.39 is 0 Å². The van der Waals surface area contributed by atoms with Crippen molar-refractivity contribution < 1.29 is 0 Å². The molecule has 0 amide bonds. The third-order valence-corrected chi connectivity index (χ3v) is 4.58. The van der Waals surface area contributed by atoms with Crippen LogP contribution >= 0.6 is 0 Å². The van der Waals surface area contributed by atoms with Crippen LogP contribution in [0.2, 0.25) is 0 Å². The number of nitrogens with one attached hydrogen (secondary N) is 1. The molecule has 0 aromatic heterocycles. The Morgan fingerprint density at radius 1 is 1.00 bits per heavy atom. The molecular weight excluding hydrogens is 254 g/mol. The molecule has 1 aliphatic rings. The molecule has 0 heterocycles. The predicted octanol–water partition coefficient (Wildman–Crippen LogP) is 5.48. The Hall–Kier alpha value is -1.76. The smallest absolute Gasteiger partial charge is 0.0345 e. The van der Waals surface area contributed by atoms with Crippen molar-refractivity contribution in [2.75, 3.05) is 5.32 Å². The van der Waals surface area contributed by atoms with E-state index in [0.717, 1.165) is 5.92 Å². The molecule has 1 aliphatic carbocycles. The average molecular weight is 279 g/mol. The van der Waals surface area contributed by atoms with Gasteiger partial charge in [0, 0.05) is 11.7 Å². The normalized spacial score (nSPS) is 21.1. The van der Waals surface area contributed by atoms with Crippen LogP contribution in [0.25, 0.3) is 0 Å². The largest absolute Gasteiger partial charge is 0.382 e. The van der Waals surface area contributed by atoms with Crippen molar-refractivity contribution in [3.63, 3.8) is 0 Å². The Labute approximate surface area is 128 Å². The van der Waals surface area contributed by atoms with Gasteiger partial charge in [-0.3, -0.25) is 0 Å². The Balaban J connectivity index is 1.59. The molecule has 21 heavy (non-hydrogen) atoms. The van der Waals surface area contributed by atoms with Crippen LogP contribution in [0.15, 0.2) is 48.5 Å². The number of hydrogen-bond donors (Lipinski definition) is 1. The first-order valence-electron chi connectivity index (χ1n) is 8.05. The first kappa shape index (κ1) is 14.2. The molecule has 1 heteroatoms. The summed E-state index contributed by atoms with van der Waals surface area (Å²) in [5, 5.41) is 3.69. The van der Waals surface area contributed by atoms with Crippen LogP contribution in [0.3, 0.4) is 0 Å². The summed E-state index contributed by atoms with van der Waals surface area (Å²) in [4.78, 5) is 0. The molecule has 0 saturated heterocycles. The minimum atomic E-state index is 0.591. The Morgan fingerprint density at radius 3 is 2.48 bits per heavy atom. The highest BCUT2D eigenvalue weighted by Gasteiger charge is 2.30. The number of rotatable bonds is 4. The third-order valence-electron chi connectivity index (χ3n) is 4.58. The summed E-state index contributed by atoms with van der Waals surface area (Å²) >= 11 is 0. The Morgan fingerprint density at radius 2 is 1.76 bits per heavy atom. The zero-order valence-corrected chi connectivity index (χ0v) is 13.3. The van der Waals surface area contributed by atoms with Crippen LogP contribution in [0.5, 0.6) is 0 Å². The second-order valence-electron chi connectivity index (χ2n) is 6.70. The van der Waals surface area contributed by atoms with Crippen LogP contribution in [0.4, 0.5) is 5.69 Å². The van der Waals surface area contributed by atoms with Gasteiger partial charge in [0.1, 0.15) is 0 Å². The zero-order valence-electron chi connectivity index (χ0n) is 13.3. The minimum Gasteiger partial charge on any atom is -0.382 e. The first-order chi connectivity index (χ1) is 10.1. The van der Waals surface area contributed by atoms with E-state index in [4.69, 9.17) is 0 Å². The van der Waals surface area contributed by atoms with Gasteiger partial charge >= 0.3 is 0 Å². The fraction of sp³-hybridized carbons (Fsp3) is 0.400. The monoisotopic (exact) mass is 279 g/mol. The van der Waals surface area contributed by atoms with Gasteiger partial charge in [-0.25, -0.2) is 0 Å². The van der Waals surface area contributed by atoms with E-state index in [2.05, 4.69) is 74.6 Å². The topological polar surface area (TPSA) is 12.0 Å². The van der Waals surface area contributed by atoms with Crippen LogP contribution in [0.1, 0.15) is 55.2 Å². The van der Waals surface area contributed by atoms with Gasteiger partial charge in [-0.1, -0.05) is 55.8 Å². The highest BCUT2D eigenvalue weighted by atomic mass is 14.9. The minimum absolute atomic E-state index is 0.591. The fourth-order valence-corrected chi connectivity index (χ4v) is 3.16. The Kier molecular flexibility index (Phi) is 4.01. The van der Waals surface area contributed by atoms with Gasteiger partial charge in [0.25, 0.3) is 0 Å². The van der Waals surface area contributed by atoms with Gasteiger partial charge in [0.2, 0.25) is 0 Å². The summed E-state index contributed by atoms with van der Waals surface area (Å²) in [6.07, 6.45) is 2.49. The molecule has 0 unspecified atom stereocenters. The number of anilines is 1. The van der Waals surface area contributed by atoms with Gasteiger partial charge in [0.05, 0.1) is 0 Å². The highest BCUT2D eigenvalue weighted by molar-refractivity contribution is 5.48. The molecule has 2 aromatic rings. The van der Waals surface area contributed by atoms with Gasteiger partial charge in [0.15, 0.2) is 0 Å². The standard InChI is InChI=1S/C20H25N/c1-14(2)16-7-5-9-19(11-16)21-20-12-18(13-20)17-8-4-6-15(3)10-17/h4-11,14,18,20-21H,12-13H2,1-3H3. The van der Waals surface area contributed by atoms with E-state index in [1.165, 1.54) is 35.2 Å². The van der Waals surface area contributed by atoms with E-state index in [1.807, 2.05) is 0 Å². The third kappa shape index (κ3) is 3.29. The van der Waals surface area contributed by atoms with E-state index in [0.29, 0.717) is 12.0 Å². The predicted molar refractivity (Wildman–Crippen MR) is 91.1 cm³/mol. The average Bonchev–Trinajstić information content (AvgIpc) is 2.42. The molecule has 110 valence electrons. The van der Waals surface area contributed by atoms with Crippen LogP contribution in [-0.4, -0.2) is 6.04 Å². The van der Waals surface area contributed by atoms with Crippen molar-refractivity contribution in [1.82, 2.24) is 0 Å². The molecule has 0 bridgehead atoms. The Bertz CT molecular complexity index is 609. The molecule has 1 N–H and O–H groups in total. The molecule has 1 saturated carbocycles. The number of hydrogen-bond acceptors (Lipinski definition) is 1. The molecule has 2 aromatic carbocycles. The number of aryl methyl sites for hydroxylation is 1. The van der Waals surface area contributed by atoms with Crippen LogP contribution in [-0.2, 0) is 0 Å². The molecule has 0 atom stereocenters. The second-order valence-corrected chi connectivity index (χ2v) is 6.70. The van der Waals surface area contributed by atoms with Crippen molar-refractivity contribution in [1.29, 1.82) is 0 Å². The van der Waals surface area contributed by atoms with Crippen molar-refractivity contribution in [2.45, 2.75) is 51.5 Å². The van der Waals surface area contributed by atoms with E-state index >= 15 is 0 Å². The van der Waals surface area contributed by atoms with Crippen molar-refractivity contribution in [2.24, 2.45) is 0 Å². The SMILES string of the molecule is Cc1cccc(C2CC(Nc3cccc(C(C)C)c3)C2)c1. The fourth-order valence-electron chi connectivity index (χ4n) is 3.16. The van der Waals surface area contributed by atoms with Crippen molar-refractivity contribution >= 4 is 5.69 Å². The summed E-state index contributed by atoms with van der Waals surface area (Å²) in [6, 6.07) is 18.4. The lowest BCUT2D eigenvalue weighted by Gasteiger charge is -2.37. The van der Waals surface area contributed by atoms with Gasteiger partial charge in [-0.2, -0.15) is 0 Å². The first-order valence-corrected chi connectivity index (χ1v) is 8.05. The molecular formula is C20H25N. The summed E-state index contributed by atoms with van der Waals surface area (Å²) < 4.78 is 0. The molecule has 0 radical (unpaired) electrons. The van der Waals surface area contributed by atoms with E-state index in [1.54, 1.807) is 0 Å². The summed E-state index contributed by atoms with van der Waals surface area (Å²) in [7, 11) is 0. The van der Waals surface area contributed by atoms with Crippen LogP contribution in [0, 0.1) is 6.92 Å². The summed E-state index contributed by atoms with van der Waals surface area (Å²) in [5.74, 6) is 1.32. The quantitative estimate of drug-likeness (QED) is 0.781.